The summed E-state index contributed by atoms with van der Waals surface area (Å²) in [6.07, 6.45) is 1.30. The van der Waals surface area contributed by atoms with Crippen LogP contribution in [0.25, 0.3) is 6.08 Å². The lowest BCUT2D eigenvalue weighted by molar-refractivity contribution is -0.122. The number of aryl methyl sites for hydroxylation is 1. The summed E-state index contributed by atoms with van der Waals surface area (Å²) in [4.78, 5) is 50.6. The number of imide groups is 2. The number of hydrogen-bond acceptors (Lipinski definition) is 5. The molecule has 4 rings (SSSR count). The van der Waals surface area contributed by atoms with Gasteiger partial charge in [-0.25, -0.2) is 14.1 Å². The molecule has 182 valence electrons. The Labute approximate surface area is 210 Å². The van der Waals surface area contributed by atoms with Crippen molar-refractivity contribution in [3.63, 3.8) is 0 Å². The van der Waals surface area contributed by atoms with Crippen molar-refractivity contribution in [2.75, 3.05) is 16.8 Å². The zero-order chi connectivity index (χ0) is 25.8. The average molecular weight is 508 g/mol. The fourth-order valence-electron chi connectivity index (χ4n) is 3.37. The van der Waals surface area contributed by atoms with Crippen LogP contribution in [-0.2, 0) is 14.4 Å². The highest BCUT2D eigenvalue weighted by atomic mass is 35.5. The standard InChI is InChI=1S/C26H19ClFN3O5/c1-15-6-9-17(10-7-15)31-25(34)18(24(33)30-26(31)35)12-16-8-11-22(19(27)13-16)36-14-23(32)29-21-5-3-2-4-20(21)28/h2-13H,14H2,1H3,(H,29,32)(H,30,33,35)/b18-12+. The van der Waals surface area contributed by atoms with Crippen molar-refractivity contribution in [1.82, 2.24) is 5.32 Å². The van der Waals surface area contributed by atoms with E-state index in [4.69, 9.17) is 16.3 Å². The molecule has 0 radical (unpaired) electrons. The van der Waals surface area contributed by atoms with Gasteiger partial charge in [0.1, 0.15) is 17.1 Å². The number of para-hydroxylation sites is 1. The molecule has 3 aromatic carbocycles. The largest absolute Gasteiger partial charge is 0.482 e. The highest BCUT2D eigenvalue weighted by Crippen LogP contribution is 2.28. The molecule has 36 heavy (non-hydrogen) atoms. The summed E-state index contributed by atoms with van der Waals surface area (Å²) < 4.78 is 19.1. The number of carbonyl (C=O) groups excluding carboxylic acids is 4. The normalized spacial score (nSPS) is 14.6. The van der Waals surface area contributed by atoms with Gasteiger partial charge in [0.15, 0.2) is 6.61 Å². The van der Waals surface area contributed by atoms with Gasteiger partial charge in [-0.3, -0.25) is 19.7 Å². The van der Waals surface area contributed by atoms with E-state index in [-0.39, 0.29) is 22.0 Å². The van der Waals surface area contributed by atoms with Crippen LogP contribution in [-0.4, -0.2) is 30.4 Å². The van der Waals surface area contributed by atoms with Gasteiger partial charge in [-0.1, -0.05) is 47.5 Å². The maximum Gasteiger partial charge on any atom is 0.335 e. The fraction of sp³-hybridized carbons (Fsp3) is 0.0769. The molecule has 0 unspecified atom stereocenters. The second-order valence-electron chi connectivity index (χ2n) is 7.80. The van der Waals surface area contributed by atoms with E-state index in [1.165, 1.54) is 42.5 Å². The Hall–Kier alpha value is -4.50. The van der Waals surface area contributed by atoms with Crippen LogP contribution < -0.4 is 20.3 Å². The van der Waals surface area contributed by atoms with Crippen LogP contribution in [0.4, 0.5) is 20.6 Å². The third-order valence-electron chi connectivity index (χ3n) is 5.17. The number of urea groups is 1. The third kappa shape index (κ3) is 5.42. The van der Waals surface area contributed by atoms with E-state index in [2.05, 4.69) is 10.6 Å². The Balaban J connectivity index is 1.48. The van der Waals surface area contributed by atoms with Crippen LogP contribution in [0.2, 0.25) is 5.02 Å². The Kier molecular flexibility index (Phi) is 7.12. The molecule has 1 fully saturated rings. The lowest BCUT2D eigenvalue weighted by Crippen LogP contribution is -2.54. The molecule has 0 aliphatic carbocycles. The van der Waals surface area contributed by atoms with Gasteiger partial charge < -0.3 is 10.1 Å². The smallest absolute Gasteiger partial charge is 0.335 e. The van der Waals surface area contributed by atoms with Gasteiger partial charge in [0.05, 0.1) is 16.4 Å². The molecule has 0 spiro atoms. The molecule has 0 saturated carbocycles. The van der Waals surface area contributed by atoms with Crippen molar-refractivity contribution < 1.29 is 28.3 Å². The van der Waals surface area contributed by atoms with E-state index in [0.29, 0.717) is 11.3 Å². The average Bonchev–Trinajstić information content (AvgIpc) is 2.84. The Morgan fingerprint density at radius 2 is 1.81 bits per heavy atom. The minimum Gasteiger partial charge on any atom is -0.482 e. The van der Waals surface area contributed by atoms with E-state index in [1.54, 1.807) is 30.3 Å². The van der Waals surface area contributed by atoms with Gasteiger partial charge >= 0.3 is 6.03 Å². The lowest BCUT2D eigenvalue weighted by Gasteiger charge is -2.26. The second-order valence-corrected chi connectivity index (χ2v) is 8.21. The number of carbonyl (C=O) groups is 4. The van der Waals surface area contributed by atoms with Crippen LogP contribution in [0, 0.1) is 12.7 Å². The summed E-state index contributed by atoms with van der Waals surface area (Å²) in [7, 11) is 0. The lowest BCUT2D eigenvalue weighted by atomic mass is 10.1. The second kappa shape index (κ2) is 10.4. The number of anilines is 2. The topological polar surface area (TPSA) is 105 Å². The Bertz CT molecular complexity index is 1400. The van der Waals surface area contributed by atoms with Crippen molar-refractivity contribution in [2.24, 2.45) is 0 Å². The van der Waals surface area contributed by atoms with E-state index in [1.807, 2.05) is 6.92 Å². The summed E-state index contributed by atoms with van der Waals surface area (Å²) in [5.41, 5.74) is 1.41. The first-order valence-corrected chi connectivity index (χ1v) is 11.1. The molecule has 1 saturated heterocycles. The van der Waals surface area contributed by atoms with Crippen LogP contribution in [0.3, 0.4) is 0 Å². The molecule has 2 N–H and O–H groups in total. The molecular weight excluding hydrogens is 489 g/mol. The van der Waals surface area contributed by atoms with Gasteiger partial charge in [0, 0.05) is 0 Å². The van der Waals surface area contributed by atoms with Crippen LogP contribution >= 0.6 is 11.6 Å². The van der Waals surface area contributed by atoms with E-state index < -0.39 is 36.2 Å². The minimum absolute atomic E-state index is 0.0211. The van der Waals surface area contributed by atoms with Crippen molar-refractivity contribution in [2.45, 2.75) is 6.92 Å². The summed E-state index contributed by atoms with van der Waals surface area (Å²) in [5.74, 6) is -2.63. The number of hydrogen-bond donors (Lipinski definition) is 2. The Morgan fingerprint density at radius 3 is 2.50 bits per heavy atom. The number of barbiturate groups is 1. The predicted octanol–water partition coefficient (Wildman–Crippen LogP) is 4.47. The van der Waals surface area contributed by atoms with Gasteiger partial charge in [-0.05, 0) is 55.0 Å². The van der Waals surface area contributed by atoms with Crippen LogP contribution in [0.1, 0.15) is 11.1 Å². The van der Waals surface area contributed by atoms with Gasteiger partial charge in [0.2, 0.25) is 0 Å². The third-order valence-corrected chi connectivity index (χ3v) is 5.46. The molecule has 8 nitrogen and oxygen atoms in total. The molecule has 0 bridgehead atoms. The van der Waals surface area contributed by atoms with Crippen molar-refractivity contribution in [3.05, 3.63) is 94.3 Å². The first-order chi connectivity index (χ1) is 17.2. The molecule has 3 aromatic rings. The van der Waals surface area contributed by atoms with Crippen molar-refractivity contribution in [3.8, 4) is 5.75 Å². The number of benzene rings is 3. The molecule has 1 aliphatic heterocycles. The molecule has 1 aliphatic rings. The van der Waals surface area contributed by atoms with Gasteiger partial charge in [0.25, 0.3) is 17.7 Å². The number of nitrogens with one attached hydrogen (secondary N) is 2. The SMILES string of the molecule is Cc1ccc(N2C(=O)NC(=O)/C(=C\c3ccc(OCC(=O)Nc4ccccc4F)c(Cl)c3)C2=O)cc1. The summed E-state index contributed by atoms with van der Waals surface area (Å²) in [6.45, 7) is 1.44. The quantitative estimate of drug-likeness (QED) is 0.378. The minimum atomic E-state index is -0.846. The maximum atomic E-state index is 13.7. The molecule has 10 heteroatoms. The monoisotopic (exact) mass is 507 g/mol. The van der Waals surface area contributed by atoms with E-state index in [0.717, 1.165) is 10.5 Å². The first kappa shape index (κ1) is 24.6. The van der Waals surface area contributed by atoms with Gasteiger partial charge in [-0.2, -0.15) is 0 Å². The highest BCUT2D eigenvalue weighted by molar-refractivity contribution is 6.39. The number of rotatable bonds is 6. The number of halogens is 2. The number of nitrogens with zero attached hydrogens (tertiary/aromatic N) is 1. The zero-order valence-electron chi connectivity index (χ0n) is 18.9. The maximum absolute atomic E-state index is 13.7. The number of amides is 5. The Morgan fingerprint density at radius 1 is 1.08 bits per heavy atom. The molecular formula is C26H19ClFN3O5. The summed E-state index contributed by atoms with van der Waals surface area (Å²) in [5, 5.41) is 4.66. The predicted molar refractivity (Wildman–Crippen MR) is 132 cm³/mol. The highest BCUT2D eigenvalue weighted by Gasteiger charge is 2.36. The van der Waals surface area contributed by atoms with Gasteiger partial charge in [-0.15, -0.1) is 0 Å². The molecule has 0 atom stereocenters. The van der Waals surface area contributed by atoms with Crippen molar-refractivity contribution >= 4 is 52.8 Å². The molecule has 5 amide bonds. The fourth-order valence-corrected chi connectivity index (χ4v) is 3.61. The molecule has 1 heterocycles. The van der Waals surface area contributed by atoms with Crippen LogP contribution in [0.5, 0.6) is 5.75 Å². The first-order valence-electron chi connectivity index (χ1n) is 10.7. The number of ether oxygens (including phenoxy) is 1. The molecule has 0 aromatic heterocycles. The van der Waals surface area contributed by atoms with E-state index in [9.17, 15) is 23.6 Å². The van der Waals surface area contributed by atoms with Crippen molar-refractivity contribution in [1.29, 1.82) is 0 Å². The van der Waals surface area contributed by atoms with E-state index >= 15 is 0 Å². The summed E-state index contributed by atoms with van der Waals surface area (Å²) >= 11 is 6.26. The zero-order valence-corrected chi connectivity index (χ0v) is 19.6. The van der Waals surface area contributed by atoms with Crippen LogP contribution in [0.15, 0.2) is 72.3 Å². The summed E-state index contributed by atoms with van der Waals surface area (Å²) in [6, 6.07) is 16.0.